The third-order valence-corrected chi connectivity index (χ3v) is 3.22. The molecule has 0 aliphatic heterocycles. The second kappa shape index (κ2) is 5.91. The third kappa shape index (κ3) is 3.18. The summed E-state index contributed by atoms with van der Waals surface area (Å²) in [6.07, 6.45) is 0. The second-order valence-electron chi connectivity index (χ2n) is 5.18. The number of anilines is 2. The van der Waals surface area contributed by atoms with E-state index in [4.69, 9.17) is 5.73 Å². The van der Waals surface area contributed by atoms with Crippen LogP contribution in [0.5, 0.6) is 0 Å². The molecular weight excluding hydrogens is 269 g/mol. The van der Waals surface area contributed by atoms with Gasteiger partial charge >= 0.3 is 0 Å². The Bertz CT molecular complexity index is 670. The van der Waals surface area contributed by atoms with Gasteiger partial charge in [0, 0.05) is 18.3 Å². The van der Waals surface area contributed by atoms with Crippen molar-refractivity contribution < 1.29 is 9.18 Å². The van der Waals surface area contributed by atoms with Crippen LogP contribution in [-0.2, 0) is 0 Å². The van der Waals surface area contributed by atoms with Crippen LogP contribution in [0.25, 0.3) is 0 Å². The Labute approximate surface area is 123 Å². The summed E-state index contributed by atoms with van der Waals surface area (Å²) in [7, 11) is 1.53. The minimum absolute atomic E-state index is 0.152. The fourth-order valence-electron chi connectivity index (χ4n) is 2.02. The molecule has 0 aliphatic rings. The summed E-state index contributed by atoms with van der Waals surface area (Å²) in [5.41, 5.74) is 7.11. The van der Waals surface area contributed by atoms with Crippen molar-refractivity contribution in [2.24, 2.45) is 0 Å². The van der Waals surface area contributed by atoms with Crippen molar-refractivity contribution in [1.82, 2.24) is 4.98 Å². The van der Waals surface area contributed by atoms with Gasteiger partial charge < -0.3 is 10.6 Å². The van der Waals surface area contributed by atoms with Crippen molar-refractivity contribution in [1.29, 1.82) is 0 Å². The average Bonchev–Trinajstić information content (AvgIpc) is 2.45. The van der Waals surface area contributed by atoms with E-state index in [1.165, 1.54) is 24.1 Å². The quantitative estimate of drug-likeness (QED) is 0.943. The second-order valence-corrected chi connectivity index (χ2v) is 5.18. The van der Waals surface area contributed by atoms with E-state index in [9.17, 15) is 9.18 Å². The lowest BCUT2D eigenvalue weighted by Gasteiger charge is -2.19. The first-order valence-corrected chi connectivity index (χ1v) is 6.70. The number of hydrogen-bond donors (Lipinski definition) is 1. The van der Waals surface area contributed by atoms with Crippen LogP contribution in [0.2, 0.25) is 0 Å². The first-order valence-electron chi connectivity index (χ1n) is 6.70. The van der Waals surface area contributed by atoms with Crippen LogP contribution in [0.15, 0.2) is 36.4 Å². The van der Waals surface area contributed by atoms with Gasteiger partial charge in [0.1, 0.15) is 11.6 Å². The summed E-state index contributed by atoms with van der Waals surface area (Å²) in [5.74, 6) is -0.333. The number of hydrogen-bond acceptors (Lipinski definition) is 3. The highest BCUT2D eigenvalue weighted by atomic mass is 19.1. The smallest absolute Gasteiger partial charge is 0.258 e. The molecule has 0 radical (unpaired) electrons. The van der Waals surface area contributed by atoms with Gasteiger partial charge in [-0.2, -0.15) is 0 Å². The summed E-state index contributed by atoms with van der Waals surface area (Å²) in [6, 6.07) is 9.34. The van der Waals surface area contributed by atoms with Gasteiger partial charge in [0.25, 0.3) is 5.91 Å². The van der Waals surface area contributed by atoms with E-state index in [1.54, 1.807) is 24.3 Å². The maximum absolute atomic E-state index is 13.8. The van der Waals surface area contributed by atoms with Crippen LogP contribution < -0.4 is 10.6 Å². The number of aromatic nitrogens is 1. The van der Waals surface area contributed by atoms with Crippen LogP contribution in [0.3, 0.4) is 0 Å². The summed E-state index contributed by atoms with van der Waals surface area (Å²) in [4.78, 5) is 18.0. The Kier molecular flexibility index (Phi) is 4.21. The first-order chi connectivity index (χ1) is 9.90. The van der Waals surface area contributed by atoms with Crippen molar-refractivity contribution in [3.8, 4) is 0 Å². The topological polar surface area (TPSA) is 59.2 Å². The predicted molar refractivity (Wildman–Crippen MR) is 81.9 cm³/mol. The number of amides is 1. The minimum Gasteiger partial charge on any atom is -0.384 e. The average molecular weight is 287 g/mol. The molecule has 1 heterocycles. The largest absolute Gasteiger partial charge is 0.384 e. The molecule has 1 amide bonds. The Hall–Kier alpha value is -2.43. The number of para-hydroxylation sites is 1. The molecule has 4 nitrogen and oxygen atoms in total. The molecular formula is C16H18FN3O. The van der Waals surface area contributed by atoms with E-state index in [-0.39, 0.29) is 23.3 Å². The van der Waals surface area contributed by atoms with Gasteiger partial charge in [-0.05, 0) is 30.2 Å². The molecule has 2 aromatic rings. The first kappa shape index (κ1) is 15.0. The summed E-state index contributed by atoms with van der Waals surface area (Å²) >= 11 is 0. The SMILES string of the molecule is CC(C)c1cc(C(=O)N(C)c2ccccc2F)cc(N)n1. The van der Waals surface area contributed by atoms with Crippen LogP contribution in [0.4, 0.5) is 15.9 Å². The Morgan fingerprint density at radius 2 is 1.95 bits per heavy atom. The van der Waals surface area contributed by atoms with Gasteiger partial charge in [-0.3, -0.25) is 4.79 Å². The van der Waals surface area contributed by atoms with Gasteiger partial charge in [-0.15, -0.1) is 0 Å². The number of nitrogens with zero attached hydrogens (tertiary/aromatic N) is 2. The van der Waals surface area contributed by atoms with Crippen LogP contribution in [0, 0.1) is 5.82 Å². The molecule has 2 N–H and O–H groups in total. The van der Waals surface area contributed by atoms with Gasteiger partial charge in [-0.25, -0.2) is 9.37 Å². The van der Waals surface area contributed by atoms with Crippen molar-refractivity contribution in [2.45, 2.75) is 19.8 Å². The number of carbonyl (C=O) groups is 1. The summed E-state index contributed by atoms with van der Waals surface area (Å²) in [5, 5.41) is 0. The lowest BCUT2D eigenvalue weighted by molar-refractivity contribution is 0.0992. The Morgan fingerprint density at radius 3 is 2.57 bits per heavy atom. The van der Waals surface area contributed by atoms with Crippen molar-refractivity contribution >= 4 is 17.4 Å². The number of halogens is 1. The molecule has 5 heteroatoms. The molecule has 0 saturated carbocycles. The number of nitrogens with two attached hydrogens (primary N) is 1. The minimum atomic E-state index is -0.445. The van der Waals surface area contributed by atoms with Crippen molar-refractivity contribution in [3.63, 3.8) is 0 Å². The van der Waals surface area contributed by atoms with Gasteiger partial charge in [-0.1, -0.05) is 26.0 Å². The summed E-state index contributed by atoms with van der Waals surface area (Å²) < 4.78 is 13.8. The normalized spacial score (nSPS) is 10.7. The van der Waals surface area contributed by atoms with Crippen LogP contribution >= 0.6 is 0 Å². The molecule has 21 heavy (non-hydrogen) atoms. The van der Waals surface area contributed by atoms with Crippen LogP contribution in [0.1, 0.15) is 35.8 Å². The van der Waals surface area contributed by atoms with E-state index < -0.39 is 5.82 Å². The van der Waals surface area contributed by atoms with Gasteiger partial charge in [0.15, 0.2) is 0 Å². The zero-order chi connectivity index (χ0) is 15.6. The number of carbonyl (C=O) groups excluding carboxylic acids is 1. The molecule has 1 aromatic heterocycles. The number of nitrogen functional groups attached to an aromatic ring is 1. The molecule has 2 rings (SSSR count). The fourth-order valence-corrected chi connectivity index (χ4v) is 2.02. The zero-order valence-electron chi connectivity index (χ0n) is 12.3. The molecule has 0 aliphatic carbocycles. The molecule has 0 unspecified atom stereocenters. The third-order valence-electron chi connectivity index (χ3n) is 3.22. The van der Waals surface area contributed by atoms with Gasteiger partial charge in [0.2, 0.25) is 0 Å². The zero-order valence-corrected chi connectivity index (χ0v) is 12.3. The number of benzene rings is 1. The number of rotatable bonds is 3. The lowest BCUT2D eigenvalue weighted by atomic mass is 10.1. The van der Waals surface area contributed by atoms with Crippen LogP contribution in [-0.4, -0.2) is 17.9 Å². The van der Waals surface area contributed by atoms with E-state index in [1.807, 2.05) is 13.8 Å². The van der Waals surface area contributed by atoms with E-state index in [2.05, 4.69) is 4.98 Å². The molecule has 0 spiro atoms. The number of pyridine rings is 1. The standard InChI is InChI=1S/C16H18FN3O/c1-10(2)13-8-11(9-15(18)19-13)16(21)20(3)14-7-5-4-6-12(14)17/h4-10H,1-3H3,(H2,18,19). The highest BCUT2D eigenvalue weighted by molar-refractivity contribution is 6.06. The lowest BCUT2D eigenvalue weighted by Crippen LogP contribution is -2.27. The highest BCUT2D eigenvalue weighted by Gasteiger charge is 2.18. The van der Waals surface area contributed by atoms with Gasteiger partial charge in [0.05, 0.1) is 5.69 Å². The molecule has 0 bridgehead atoms. The fraction of sp³-hybridized carbons (Fsp3) is 0.250. The van der Waals surface area contributed by atoms with E-state index in [0.29, 0.717) is 5.56 Å². The van der Waals surface area contributed by atoms with E-state index in [0.717, 1.165) is 5.69 Å². The monoisotopic (exact) mass is 287 g/mol. The van der Waals surface area contributed by atoms with Crippen molar-refractivity contribution in [2.75, 3.05) is 17.7 Å². The molecule has 1 aromatic carbocycles. The Balaban J connectivity index is 2.38. The molecule has 0 saturated heterocycles. The van der Waals surface area contributed by atoms with Crippen molar-refractivity contribution in [3.05, 3.63) is 53.5 Å². The molecule has 0 atom stereocenters. The maximum Gasteiger partial charge on any atom is 0.258 e. The maximum atomic E-state index is 13.8. The predicted octanol–water partition coefficient (Wildman–Crippen LogP) is 3.20. The molecule has 0 fully saturated rings. The molecule has 110 valence electrons. The highest BCUT2D eigenvalue weighted by Crippen LogP contribution is 2.22. The summed E-state index contributed by atoms with van der Waals surface area (Å²) in [6.45, 7) is 3.94. The van der Waals surface area contributed by atoms with E-state index >= 15 is 0 Å². The Morgan fingerprint density at radius 1 is 1.29 bits per heavy atom.